The van der Waals surface area contributed by atoms with Crippen LogP contribution in [0.25, 0.3) is 0 Å². The van der Waals surface area contributed by atoms with Gasteiger partial charge in [0.2, 0.25) is 0 Å². The third-order valence-electron chi connectivity index (χ3n) is 2.68. The van der Waals surface area contributed by atoms with Crippen molar-refractivity contribution in [2.24, 2.45) is 0 Å². The van der Waals surface area contributed by atoms with Crippen LogP contribution in [-0.4, -0.2) is 22.3 Å². The fourth-order valence-corrected chi connectivity index (χ4v) is 3.41. The molecule has 5 heteroatoms. The Hall–Kier alpha value is -0.910. The van der Waals surface area contributed by atoms with Crippen LogP contribution >= 0.6 is 27.7 Å². The zero-order chi connectivity index (χ0) is 13.5. The number of nitrogens with one attached hydrogen (secondary N) is 1. The molecule has 0 amide bonds. The number of halogens is 1. The number of benzene rings is 1. The van der Waals surface area contributed by atoms with E-state index in [-0.39, 0.29) is 6.04 Å². The molecule has 2 aromatic rings. The highest BCUT2D eigenvalue weighted by Gasteiger charge is 2.12. The van der Waals surface area contributed by atoms with Crippen molar-refractivity contribution in [2.75, 3.05) is 12.3 Å². The van der Waals surface area contributed by atoms with Gasteiger partial charge in [-0.15, -0.1) is 11.8 Å². The first kappa shape index (κ1) is 14.5. The summed E-state index contributed by atoms with van der Waals surface area (Å²) in [5, 5.41) is 3.47. The zero-order valence-electron chi connectivity index (χ0n) is 10.7. The summed E-state index contributed by atoms with van der Waals surface area (Å²) in [5.74, 6) is 0.948. The van der Waals surface area contributed by atoms with Gasteiger partial charge in [0.1, 0.15) is 6.33 Å². The van der Waals surface area contributed by atoms with E-state index >= 15 is 0 Å². The van der Waals surface area contributed by atoms with Gasteiger partial charge in [0.15, 0.2) is 0 Å². The monoisotopic (exact) mass is 337 g/mol. The van der Waals surface area contributed by atoms with Crippen LogP contribution < -0.4 is 5.32 Å². The normalized spacial score (nSPS) is 12.3. The van der Waals surface area contributed by atoms with E-state index in [4.69, 9.17) is 0 Å². The maximum absolute atomic E-state index is 4.09. The van der Waals surface area contributed by atoms with Crippen LogP contribution in [0.5, 0.6) is 0 Å². The van der Waals surface area contributed by atoms with E-state index in [9.17, 15) is 0 Å². The number of nitrogens with zero attached hydrogens (tertiary/aromatic N) is 2. The van der Waals surface area contributed by atoms with Crippen molar-refractivity contribution in [3.8, 4) is 0 Å². The molecule has 1 aromatic heterocycles. The molecule has 1 N–H and O–H groups in total. The Morgan fingerprint density at radius 2 is 2.00 bits per heavy atom. The quantitative estimate of drug-likeness (QED) is 0.816. The fraction of sp³-hybridized carbons (Fsp3) is 0.286. The topological polar surface area (TPSA) is 37.8 Å². The molecule has 3 nitrogen and oxygen atoms in total. The number of hydrogen-bond acceptors (Lipinski definition) is 4. The highest BCUT2D eigenvalue weighted by molar-refractivity contribution is 9.10. The minimum atomic E-state index is 0.267. The van der Waals surface area contributed by atoms with Crippen molar-refractivity contribution in [3.63, 3.8) is 0 Å². The van der Waals surface area contributed by atoms with Gasteiger partial charge in [-0.1, -0.05) is 19.1 Å². The molecule has 0 saturated heterocycles. The van der Waals surface area contributed by atoms with Crippen molar-refractivity contribution >= 4 is 27.7 Å². The van der Waals surface area contributed by atoms with Gasteiger partial charge in [-0.25, -0.2) is 9.97 Å². The van der Waals surface area contributed by atoms with Gasteiger partial charge in [-0.3, -0.25) is 0 Å². The Morgan fingerprint density at radius 1 is 1.26 bits per heavy atom. The number of hydrogen-bond donors (Lipinski definition) is 1. The summed E-state index contributed by atoms with van der Waals surface area (Å²) in [4.78, 5) is 9.43. The Kier molecular flexibility index (Phi) is 5.82. The van der Waals surface area contributed by atoms with Crippen LogP contribution in [0.2, 0.25) is 0 Å². The molecule has 0 aliphatic rings. The van der Waals surface area contributed by atoms with Crippen molar-refractivity contribution in [3.05, 3.63) is 53.0 Å². The largest absolute Gasteiger partial charge is 0.309 e. The van der Waals surface area contributed by atoms with Crippen LogP contribution in [0, 0.1) is 0 Å². The molecule has 0 spiro atoms. The predicted molar refractivity (Wildman–Crippen MR) is 83.3 cm³/mol. The van der Waals surface area contributed by atoms with E-state index in [0.29, 0.717) is 0 Å². The smallest absolute Gasteiger partial charge is 0.115 e. The molecule has 19 heavy (non-hydrogen) atoms. The fourth-order valence-electron chi connectivity index (χ4n) is 1.74. The van der Waals surface area contributed by atoms with Crippen LogP contribution in [0.4, 0.5) is 0 Å². The molecule has 1 aromatic carbocycles. The lowest BCUT2D eigenvalue weighted by Gasteiger charge is -2.17. The average molecular weight is 338 g/mol. The first-order valence-electron chi connectivity index (χ1n) is 6.17. The lowest BCUT2D eigenvalue weighted by molar-refractivity contribution is 0.601. The van der Waals surface area contributed by atoms with E-state index in [0.717, 1.165) is 22.3 Å². The second kappa shape index (κ2) is 7.62. The third-order valence-corrected chi connectivity index (χ3v) is 4.80. The van der Waals surface area contributed by atoms with Crippen molar-refractivity contribution < 1.29 is 0 Å². The maximum atomic E-state index is 4.09. The standard InChI is InChI=1S/C14H16BrN3S/c1-2-18-13(11-7-16-10-17-8-11)9-19-14-6-4-3-5-12(14)15/h3-8,10,13,18H,2,9H2,1H3. The lowest BCUT2D eigenvalue weighted by atomic mass is 10.2. The lowest BCUT2D eigenvalue weighted by Crippen LogP contribution is -2.23. The zero-order valence-corrected chi connectivity index (χ0v) is 13.1. The highest BCUT2D eigenvalue weighted by Crippen LogP contribution is 2.30. The molecule has 0 saturated carbocycles. The molecule has 0 aliphatic carbocycles. The first-order chi connectivity index (χ1) is 9.31. The van der Waals surface area contributed by atoms with E-state index < -0.39 is 0 Å². The Labute approximate surface area is 126 Å². The Morgan fingerprint density at radius 3 is 2.68 bits per heavy atom. The van der Waals surface area contributed by atoms with Crippen LogP contribution in [0.1, 0.15) is 18.5 Å². The second-order valence-electron chi connectivity index (χ2n) is 4.02. The summed E-state index contributed by atoms with van der Waals surface area (Å²) in [7, 11) is 0. The average Bonchev–Trinajstić information content (AvgIpc) is 2.46. The van der Waals surface area contributed by atoms with E-state index in [1.165, 1.54) is 4.90 Å². The molecule has 0 fully saturated rings. The molecule has 1 heterocycles. The molecular formula is C14H16BrN3S. The first-order valence-corrected chi connectivity index (χ1v) is 7.94. The second-order valence-corrected chi connectivity index (χ2v) is 5.94. The van der Waals surface area contributed by atoms with Crippen LogP contribution in [-0.2, 0) is 0 Å². The van der Waals surface area contributed by atoms with Gasteiger partial charge in [0.25, 0.3) is 0 Å². The van der Waals surface area contributed by atoms with Crippen LogP contribution in [0.15, 0.2) is 52.4 Å². The van der Waals surface area contributed by atoms with Gasteiger partial charge in [0, 0.05) is 39.1 Å². The Bertz CT molecular complexity index is 507. The molecular weight excluding hydrogens is 322 g/mol. The molecule has 0 radical (unpaired) electrons. The van der Waals surface area contributed by atoms with E-state index in [1.54, 1.807) is 6.33 Å². The van der Waals surface area contributed by atoms with Crippen molar-refractivity contribution in [2.45, 2.75) is 17.9 Å². The summed E-state index contributed by atoms with van der Waals surface area (Å²) in [5.41, 5.74) is 1.13. The number of aromatic nitrogens is 2. The maximum Gasteiger partial charge on any atom is 0.115 e. The highest BCUT2D eigenvalue weighted by atomic mass is 79.9. The summed E-state index contributed by atoms with van der Waals surface area (Å²) in [6.45, 7) is 3.04. The molecule has 2 rings (SSSR count). The summed E-state index contributed by atoms with van der Waals surface area (Å²) in [6, 6.07) is 8.54. The third kappa shape index (κ3) is 4.30. The molecule has 100 valence electrons. The number of thioether (sulfide) groups is 1. The van der Waals surface area contributed by atoms with Gasteiger partial charge in [-0.2, -0.15) is 0 Å². The summed E-state index contributed by atoms with van der Waals surface area (Å²) < 4.78 is 1.14. The molecule has 0 bridgehead atoms. The van der Waals surface area contributed by atoms with Gasteiger partial charge in [0.05, 0.1) is 0 Å². The van der Waals surface area contributed by atoms with Crippen molar-refractivity contribution in [1.29, 1.82) is 0 Å². The SMILES string of the molecule is CCNC(CSc1ccccc1Br)c1cncnc1. The van der Waals surface area contributed by atoms with Gasteiger partial charge in [-0.05, 0) is 34.6 Å². The minimum Gasteiger partial charge on any atom is -0.309 e. The molecule has 0 aliphatic heterocycles. The van der Waals surface area contributed by atoms with E-state index in [2.05, 4.69) is 56.3 Å². The molecule has 1 unspecified atom stereocenters. The van der Waals surface area contributed by atoms with Gasteiger partial charge >= 0.3 is 0 Å². The number of rotatable bonds is 6. The summed E-state index contributed by atoms with van der Waals surface area (Å²) in [6.07, 6.45) is 5.31. The van der Waals surface area contributed by atoms with E-state index in [1.807, 2.05) is 30.2 Å². The van der Waals surface area contributed by atoms with Crippen molar-refractivity contribution in [1.82, 2.24) is 15.3 Å². The molecule has 1 atom stereocenters. The van der Waals surface area contributed by atoms with Gasteiger partial charge < -0.3 is 5.32 Å². The predicted octanol–water partition coefficient (Wildman–Crippen LogP) is 3.68. The summed E-state index contributed by atoms with van der Waals surface area (Å²) >= 11 is 5.40. The van der Waals surface area contributed by atoms with Crippen LogP contribution in [0.3, 0.4) is 0 Å². The Balaban J connectivity index is 2.04. The minimum absolute atomic E-state index is 0.267.